The van der Waals surface area contributed by atoms with E-state index in [1.54, 1.807) is 11.3 Å². The first-order valence-corrected chi connectivity index (χ1v) is 9.34. The standard InChI is InChI=1S/C18H18ClN3OS/c1-11-16(24-10-20-11)5-6-17(23)22-8-7-15-13(9-22)12-3-2-4-14(19)18(12)21-15/h2-4,10,21H,5-9H2,1H3. The second kappa shape index (κ2) is 6.22. The van der Waals surface area contributed by atoms with Crippen molar-refractivity contribution in [1.29, 1.82) is 0 Å². The number of thiazole rings is 1. The minimum Gasteiger partial charge on any atom is -0.357 e. The Hall–Kier alpha value is -1.85. The largest absolute Gasteiger partial charge is 0.357 e. The molecule has 0 spiro atoms. The van der Waals surface area contributed by atoms with Gasteiger partial charge in [-0.2, -0.15) is 0 Å². The molecule has 2 aromatic heterocycles. The molecule has 0 atom stereocenters. The quantitative estimate of drug-likeness (QED) is 0.765. The first-order valence-electron chi connectivity index (χ1n) is 8.08. The minimum atomic E-state index is 0.213. The van der Waals surface area contributed by atoms with Crippen LogP contribution in [0.4, 0.5) is 0 Å². The van der Waals surface area contributed by atoms with E-state index in [2.05, 4.69) is 16.0 Å². The lowest BCUT2D eigenvalue weighted by Crippen LogP contribution is -2.35. The van der Waals surface area contributed by atoms with Crippen LogP contribution >= 0.6 is 22.9 Å². The molecular weight excluding hydrogens is 342 g/mol. The average Bonchev–Trinajstić information content (AvgIpc) is 3.16. The molecule has 1 aliphatic rings. The van der Waals surface area contributed by atoms with Gasteiger partial charge < -0.3 is 9.88 Å². The van der Waals surface area contributed by atoms with E-state index in [4.69, 9.17) is 11.6 Å². The predicted molar refractivity (Wildman–Crippen MR) is 97.6 cm³/mol. The normalized spacial score (nSPS) is 14.2. The number of nitrogens with one attached hydrogen (secondary N) is 1. The molecule has 0 saturated carbocycles. The Labute approximate surface area is 149 Å². The lowest BCUT2D eigenvalue weighted by Gasteiger charge is -2.27. The lowest BCUT2D eigenvalue weighted by atomic mass is 10.0. The molecule has 1 aromatic carbocycles. The summed E-state index contributed by atoms with van der Waals surface area (Å²) in [5, 5.41) is 1.87. The number of para-hydroxylation sites is 1. The summed E-state index contributed by atoms with van der Waals surface area (Å²) in [4.78, 5) is 23.5. The number of carbonyl (C=O) groups is 1. The van der Waals surface area contributed by atoms with Crippen LogP contribution < -0.4 is 0 Å². The van der Waals surface area contributed by atoms with E-state index in [1.165, 1.54) is 16.1 Å². The smallest absolute Gasteiger partial charge is 0.223 e. The topological polar surface area (TPSA) is 49.0 Å². The van der Waals surface area contributed by atoms with Crippen LogP contribution in [-0.4, -0.2) is 27.3 Å². The maximum Gasteiger partial charge on any atom is 0.223 e. The number of benzene rings is 1. The van der Waals surface area contributed by atoms with Crippen LogP contribution in [-0.2, 0) is 24.2 Å². The summed E-state index contributed by atoms with van der Waals surface area (Å²) < 4.78 is 0. The van der Waals surface area contributed by atoms with Crippen molar-refractivity contribution in [3.63, 3.8) is 0 Å². The maximum atomic E-state index is 12.6. The van der Waals surface area contributed by atoms with Crippen molar-refractivity contribution < 1.29 is 4.79 Å². The molecule has 6 heteroatoms. The zero-order valence-electron chi connectivity index (χ0n) is 13.4. The molecule has 0 unspecified atom stereocenters. The van der Waals surface area contributed by atoms with Crippen LogP contribution in [0.15, 0.2) is 23.7 Å². The van der Waals surface area contributed by atoms with E-state index in [1.807, 2.05) is 29.5 Å². The molecule has 1 amide bonds. The molecule has 1 aliphatic heterocycles. The van der Waals surface area contributed by atoms with Crippen molar-refractivity contribution >= 4 is 39.7 Å². The number of rotatable bonds is 3. The van der Waals surface area contributed by atoms with Crippen LogP contribution in [0.2, 0.25) is 5.02 Å². The lowest BCUT2D eigenvalue weighted by molar-refractivity contribution is -0.132. The number of aromatic nitrogens is 2. The highest BCUT2D eigenvalue weighted by molar-refractivity contribution is 7.09. The molecular formula is C18H18ClN3OS. The van der Waals surface area contributed by atoms with Gasteiger partial charge in [-0.25, -0.2) is 4.98 Å². The monoisotopic (exact) mass is 359 g/mol. The Morgan fingerprint density at radius 1 is 1.46 bits per heavy atom. The molecule has 0 saturated heterocycles. The molecule has 3 aromatic rings. The Balaban J connectivity index is 1.51. The zero-order valence-corrected chi connectivity index (χ0v) is 15.0. The van der Waals surface area contributed by atoms with E-state index < -0.39 is 0 Å². The number of fused-ring (bicyclic) bond motifs is 3. The van der Waals surface area contributed by atoms with Crippen LogP contribution in [0.3, 0.4) is 0 Å². The fourth-order valence-electron chi connectivity index (χ4n) is 3.36. The SMILES string of the molecule is Cc1ncsc1CCC(=O)N1CCc2[nH]c3c(Cl)cccc3c2C1. The van der Waals surface area contributed by atoms with Gasteiger partial charge in [-0.15, -0.1) is 11.3 Å². The minimum absolute atomic E-state index is 0.213. The highest BCUT2D eigenvalue weighted by Gasteiger charge is 2.24. The summed E-state index contributed by atoms with van der Waals surface area (Å²) >= 11 is 7.91. The Kier molecular flexibility index (Phi) is 4.06. The number of hydrogen-bond acceptors (Lipinski definition) is 3. The molecule has 0 fully saturated rings. The van der Waals surface area contributed by atoms with Crippen LogP contribution in [0, 0.1) is 6.92 Å². The van der Waals surface area contributed by atoms with E-state index in [0.717, 1.165) is 41.0 Å². The summed E-state index contributed by atoms with van der Waals surface area (Å²) in [6, 6.07) is 5.93. The summed E-state index contributed by atoms with van der Waals surface area (Å²) in [6.45, 7) is 3.42. The highest BCUT2D eigenvalue weighted by atomic mass is 35.5. The van der Waals surface area contributed by atoms with Gasteiger partial charge in [0.1, 0.15) is 0 Å². The van der Waals surface area contributed by atoms with Gasteiger partial charge in [-0.1, -0.05) is 23.7 Å². The molecule has 4 nitrogen and oxygen atoms in total. The number of aromatic amines is 1. The molecule has 0 radical (unpaired) electrons. The highest BCUT2D eigenvalue weighted by Crippen LogP contribution is 2.31. The third-order valence-electron chi connectivity index (χ3n) is 4.72. The van der Waals surface area contributed by atoms with Crippen molar-refractivity contribution in [3.8, 4) is 0 Å². The van der Waals surface area contributed by atoms with E-state index in [-0.39, 0.29) is 5.91 Å². The third kappa shape index (κ3) is 2.72. The average molecular weight is 360 g/mol. The molecule has 3 heterocycles. The summed E-state index contributed by atoms with van der Waals surface area (Å²) in [5.74, 6) is 0.213. The predicted octanol–water partition coefficient (Wildman–Crippen LogP) is 4.10. The van der Waals surface area contributed by atoms with Crippen molar-refractivity contribution in [3.05, 3.63) is 50.6 Å². The number of hydrogen-bond donors (Lipinski definition) is 1. The van der Waals surface area contributed by atoms with Gasteiger partial charge in [-0.3, -0.25) is 4.79 Å². The van der Waals surface area contributed by atoms with Crippen molar-refractivity contribution in [2.75, 3.05) is 6.54 Å². The number of nitrogens with zero attached hydrogens (tertiary/aromatic N) is 2. The van der Waals surface area contributed by atoms with E-state index >= 15 is 0 Å². The van der Waals surface area contributed by atoms with E-state index in [9.17, 15) is 4.79 Å². The van der Waals surface area contributed by atoms with Crippen molar-refractivity contribution in [1.82, 2.24) is 14.9 Å². The Morgan fingerprint density at radius 2 is 2.33 bits per heavy atom. The molecule has 4 rings (SSSR count). The van der Waals surface area contributed by atoms with Gasteiger partial charge in [0.2, 0.25) is 5.91 Å². The maximum absolute atomic E-state index is 12.6. The molecule has 0 bridgehead atoms. The summed E-state index contributed by atoms with van der Waals surface area (Å²) in [7, 11) is 0. The van der Waals surface area contributed by atoms with Gasteiger partial charge in [0.15, 0.2) is 0 Å². The summed E-state index contributed by atoms with van der Waals surface area (Å²) in [5.41, 5.74) is 6.29. The van der Waals surface area contributed by atoms with Gasteiger partial charge >= 0.3 is 0 Å². The first kappa shape index (κ1) is 15.7. The van der Waals surface area contributed by atoms with Gasteiger partial charge in [0.05, 0.1) is 21.7 Å². The number of carbonyl (C=O) groups excluding carboxylic acids is 1. The van der Waals surface area contributed by atoms with Crippen LogP contribution in [0.25, 0.3) is 10.9 Å². The fourth-order valence-corrected chi connectivity index (χ4v) is 4.36. The van der Waals surface area contributed by atoms with Crippen LogP contribution in [0.5, 0.6) is 0 Å². The fraction of sp³-hybridized carbons (Fsp3) is 0.333. The van der Waals surface area contributed by atoms with Gasteiger partial charge in [0, 0.05) is 47.5 Å². The molecule has 124 valence electrons. The number of amides is 1. The molecule has 0 aliphatic carbocycles. The van der Waals surface area contributed by atoms with E-state index in [0.29, 0.717) is 13.0 Å². The number of aryl methyl sites for hydroxylation is 2. The molecule has 1 N–H and O–H groups in total. The van der Waals surface area contributed by atoms with Crippen molar-refractivity contribution in [2.24, 2.45) is 0 Å². The third-order valence-corrected chi connectivity index (χ3v) is 6.03. The molecule has 24 heavy (non-hydrogen) atoms. The summed E-state index contributed by atoms with van der Waals surface area (Å²) in [6.07, 6.45) is 2.17. The Bertz CT molecular complexity index is 914. The zero-order chi connectivity index (χ0) is 16.7. The number of H-pyrrole nitrogens is 1. The second-order valence-electron chi connectivity index (χ2n) is 6.17. The number of halogens is 1. The van der Waals surface area contributed by atoms with Gasteiger partial charge in [0.25, 0.3) is 0 Å². The first-order chi connectivity index (χ1) is 11.6. The van der Waals surface area contributed by atoms with Crippen LogP contribution in [0.1, 0.15) is 28.2 Å². The second-order valence-corrected chi connectivity index (χ2v) is 7.52. The van der Waals surface area contributed by atoms with Crippen molar-refractivity contribution in [2.45, 2.75) is 32.7 Å². The van der Waals surface area contributed by atoms with Gasteiger partial charge in [-0.05, 0) is 19.4 Å². The Morgan fingerprint density at radius 3 is 3.12 bits per heavy atom.